The average Bonchev–Trinajstić information content (AvgIpc) is 3.15. The summed E-state index contributed by atoms with van der Waals surface area (Å²) >= 11 is 0. The summed E-state index contributed by atoms with van der Waals surface area (Å²) in [5.74, 6) is -2.01. The van der Waals surface area contributed by atoms with Crippen molar-refractivity contribution in [2.75, 3.05) is 26.2 Å². The molecular formula is C30H39FN2O3. The zero-order valence-corrected chi connectivity index (χ0v) is 21.8. The molecule has 1 saturated heterocycles. The molecule has 0 unspecified atom stereocenters. The Balaban J connectivity index is 1.91. The van der Waals surface area contributed by atoms with Gasteiger partial charge in [-0.1, -0.05) is 57.9 Å². The van der Waals surface area contributed by atoms with Crippen molar-refractivity contribution in [3.63, 3.8) is 0 Å². The van der Waals surface area contributed by atoms with Crippen molar-refractivity contribution in [1.29, 1.82) is 0 Å². The summed E-state index contributed by atoms with van der Waals surface area (Å²) in [6.07, 6.45) is 6.15. The average molecular weight is 495 g/mol. The summed E-state index contributed by atoms with van der Waals surface area (Å²) in [5, 5.41) is 11.1. The summed E-state index contributed by atoms with van der Waals surface area (Å²) in [4.78, 5) is 30.4. The monoisotopic (exact) mass is 494 g/mol. The van der Waals surface area contributed by atoms with Crippen molar-refractivity contribution >= 4 is 17.4 Å². The minimum Gasteiger partial charge on any atom is -0.507 e. The van der Waals surface area contributed by atoms with Crippen molar-refractivity contribution in [3.05, 3.63) is 76.6 Å². The summed E-state index contributed by atoms with van der Waals surface area (Å²) in [6.45, 7) is 9.76. The van der Waals surface area contributed by atoms with Crippen LogP contribution in [0.3, 0.4) is 0 Å². The highest BCUT2D eigenvalue weighted by atomic mass is 19.1. The van der Waals surface area contributed by atoms with Crippen LogP contribution in [0.5, 0.6) is 0 Å². The molecule has 1 amide bonds. The maximum Gasteiger partial charge on any atom is 0.295 e. The Bertz CT molecular complexity index is 1040. The number of halogens is 1. The number of Topliss-reactive ketones (excluding diaryl/α,β-unsaturated/α-hetero) is 1. The summed E-state index contributed by atoms with van der Waals surface area (Å²) in [7, 11) is 0. The molecule has 6 heteroatoms. The van der Waals surface area contributed by atoms with E-state index in [1.54, 1.807) is 4.90 Å². The SMILES string of the molecule is CCCCN(CCCC)CCCN1C(=O)C(=O)C(=C(O)c2ccc(F)cc2)[C@H]1c1ccc(CC)cc1. The summed E-state index contributed by atoms with van der Waals surface area (Å²) in [6, 6.07) is 12.5. The predicted octanol–water partition coefficient (Wildman–Crippen LogP) is 6.10. The zero-order valence-electron chi connectivity index (χ0n) is 21.8. The normalized spacial score (nSPS) is 17.4. The number of rotatable bonds is 13. The lowest BCUT2D eigenvalue weighted by Crippen LogP contribution is -2.34. The Kier molecular flexibility index (Phi) is 10.2. The molecule has 1 fully saturated rings. The van der Waals surface area contributed by atoms with Gasteiger partial charge in [-0.2, -0.15) is 0 Å². The first kappa shape index (κ1) is 27.6. The van der Waals surface area contributed by atoms with Crippen LogP contribution in [-0.2, 0) is 16.0 Å². The molecule has 0 aromatic heterocycles. The van der Waals surface area contributed by atoms with Gasteiger partial charge in [0.2, 0.25) is 0 Å². The number of aliphatic hydroxyl groups is 1. The van der Waals surface area contributed by atoms with Crippen LogP contribution in [0.15, 0.2) is 54.1 Å². The van der Waals surface area contributed by atoms with Gasteiger partial charge < -0.3 is 14.9 Å². The third-order valence-electron chi connectivity index (χ3n) is 6.89. The number of carbonyl (C=O) groups excluding carboxylic acids is 2. The molecule has 0 bridgehead atoms. The van der Waals surface area contributed by atoms with E-state index in [1.807, 2.05) is 24.3 Å². The van der Waals surface area contributed by atoms with Gasteiger partial charge in [0.25, 0.3) is 11.7 Å². The van der Waals surface area contributed by atoms with Gasteiger partial charge in [-0.15, -0.1) is 0 Å². The van der Waals surface area contributed by atoms with Crippen LogP contribution in [0.2, 0.25) is 0 Å². The highest BCUT2D eigenvalue weighted by Crippen LogP contribution is 2.39. The number of aryl methyl sites for hydroxylation is 1. The summed E-state index contributed by atoms with van der Waals surface area (Å²) in [5.41, 5.74) is 2.31. The second-order valence-corrected chi connectivity index (χ2v) is 9.50. The largest absolute Gasteiger partial charge is 0.507 e. The lowest BCUT2D eigenvalue weighted by atomic mass is 9.94. The lowest BCUT2D eigenvalue weighted by molar-refractivity contribution is -0.140. The number of likely N-dealkylation sites (tertiary alicyclic amines) is 1. The maximum absolute atomic E-state index is 13.5. The minimum absolute atomic E-state index is 0.0599. The molecule has 0 aliphatic carbocycles. The van der Waals surface area contributed by atoms with Gasteiger partial charge >= 0.3 is 0 Å². The van der Waals surface area contributed by atoms with E-state index >= 15 is 0 Å². The van der Waals surface area contributed by atoms with Gasteiger partial charge in [0.05, 0.1) is 11.6 Å². The van der Waals surface area contributed by atoms with Gasteiger partial charge in [-0.25, -0.2) is 4.39 Å². The standard InChI is InChI=1S/C30H39FN2O3/c1-4-7-18-32(19-8-5-2)20-9-21-33-27(23-12-10-22(6-3)11-13-23)26(29(35)30(33)36)28(34)24-14-16-25(31)17-15-24/h10-17,27,34H,4-9,18-21H2,1-3H3/t27-/m1/s1. The molecule has 2 aromatic carbocycles. The number of hydrogen-bond acceptors (Lipinski definition) is 4. The minimum atomic E-state index is -0.699. The van der Waals surface area contributed by atoms with Gasteiger partial charge in [-0.05, 0) is 80.7 Å². The third-order valence-corrected chi connectivity index (χ3v) is 6.89. The fraction of sp³-hybridized carbons (Fsp3) is 0.467. The van der Waals surface area contributed by atoms with Crippen LogP contribution >= 0.6 is 0 Å². The molecule has 2 aromatic rings. The Morgan fingerprint density at radius 3 is 2.03 bits per heavy atom. The number of aliphatic hydroxyl groups excluding tert-OH is 1. The number of nitrogens with zero attached hydrogens (tertiary/aromatic N) is 2. The van der Waals surface area contributed by atoms with Crippen molar-refractivity contribution in [2.45, 2.75) is 65.3 Å². The van der Waals surface area contributed by atoms with Gasteiger partial charge in [0.1, 0.15) is 11.6 Å². The van der Waals surface area contributed by atoms with Crippen molar-refractivity contribution in [2.24, 2.45) is 0 Å². The second kappa shape index (κ2) is 13.4. The van der Waals surface area contributed by atoms with E-state index in [0.29, 0.717) is 12.1 Å². The first-order chi connectivity index (χ1) is 17.4. The maximum atomic E-state index is 13.5. The number of amides is 1. The Morgan fingerprint density at radius 2 is 1.47 bits per heavy atom. The Morgan fingerprint density at radius 1 is 0.889 bits per heavy atom. The smallest absolute Gasteiger partial charge is 0.295 e. The topological polar surface area (TPSA) is 60.9 Å². The van der Waals surface area contributed by atoms with Crippen LogP contribution in [-0.4, -0.2) is 52.8 Å². The molecule has 0 saturated carbocycles. The molecule has 0 radical (unpaired) electrons. The van der Waals surface area contributed by atoms with E-state index < -0.39 is 23.5 Å². The van der Waals surface area contributed by atoms with Crippen LogP contribution in [0.1, 0.15) is 75.6 Å². The Hall–Kier alpha value is -2.99. The van der Waals surface area contributed by atoms with Crippen LogP contribution in [0.25, 0.3) is 5.76 Å². The van der Waals surface area contributed by atoms with E-state index in [4.69, 9.17) is 0 Å². The molecule has 1 atom stereocenters. The molecule has 194 valence electrons. The Labute approximate surface area is 214 Å². The van der Waals surface area contributed by atoms with Crippen LogP contribution in [0, 0.1) is 5.82 Å². The fourth-order valence-corrected chi connectivity index (χ4v) is 4.72. The van der Waals surface area contributed by atoms with Crippen molar-refractivity contribution in [1.82, 2.24) is 9.80 Å². The first-order valence-corrected chi connectivity index (χ1v) is 13.3. The number of carbonyl (C=O) groups is 2. The van der Waals surface area contributed by atoms with Gasteiger partial charge in [-0.3, -0.25) is 9.59 Å². The fourth-order valence-electron chi connectivity index (χ4n) is 4.72. The van der Waals surface area contributed by atoms with E-state index in [0.717, 1.165) is 69.3 Å². The zero-order chi connectivity index (χ0) is 26.1. The van der Waals surface area contributed by atoms with E-state index in [1.165, 1.54) is 24.3 Å². The third kappa shape index (κ3) is 6.61. The number of benzene rings is 2. The first-order valence-electron chi connectivity index (χ1n) is 13.3. The summed E-state index contributed by atoms with van der Waals surface area (Å²) < 4.78 is 13.5. The number of ketones is 1. The lowest BCUT2D eigenvalue weighted by Gasteiger charge is -2.27. The molecule has 36 heavy (non-hydrogen) atoms. The van der Waals surface area contributed by atoms with Crippen LogP contribution < -0.4 is 0 Å². The molecule has 3 rings (SSSR count). The number of unbranched alkanes of at least 4 members (excludes halogenated alkanes) is 2. The van der Waals surface area contributed by atoms with Crippen LogP contribution in [0.4, 0.5) is 4.39 Å². The molecule has 5 nitrogen and oxygen atoms in total. The van der Waals surface area contributed by atoms with E-state index in [-0.39, 0.29) is 11.3 Å². The molecule has 1 aliphatic heterocycles. The highest BCUT2D eigenvalue weighted by molar-refractivity contribution is 6.46. The van der Waals surface area contributed by atoms with E-state index in [9.17, 15) is 19.1 Å². The highest BCUT2D eigenvalue weighted by Gasteiger charge is 2.45. The molecule has 1 N–H and O–H groups in total. The van der Waals surface area contributed by atoms with Gasteiger partial charge in [0.15, 0.2) is 0 Å². The van der Waals surface area contributed by atoms with Crippen molar-refractivity contribution in [3.8, 4) is 0 Å². The predicted molar refractivity (Wildman–Crippen MR) is 142 cm³/mol. The van der Waals surface area contributed by atoms with Gasteiger partial charge in [0, 0.05) is 12.1 Å². The molecule has 1 heterocycles. The van der Waals surface area contributed by atoms with E-state index in [2.05, 4.69) is 25.7 Å². The molecule has 1 aliphatic rings. The molecular weight excluding hydrogens is 455 g/mol. The molecule has 0 spiro atoms. The second-order valence-electron chi connectivity index (χ2n) is 9.50. The number of hydrogen-bond donors (Lipinski definition) is 1. The van der Waals surface area contributed by atoms with Crippen molar-refractivity contribution < 1.29 is 19.1 Å². The quantitative estimate of drug-likeness (QED) is 0.208.